The summed E-state index contributed by atoms with van der Waals surface area (Å²) in [5.41, 5.74) is 4.45. The molecule has 0 saturated heterocycles. The molecule has 0 atom stereocenters. The number of aromatic amines is 1. The third kappa shape index (κ3) is 1.76. The van der Waals surface area contributed by atoms with Crippen molar-refractivity contribution in [3.63, 3.8) is 0 Å². The molecule has 0 aliphatic rings. The van der Waals surface area contributed by atoms with Crippen molar-refractivity contribution in [2.24, 2.45) is 0 Å². The normalized spacial score (nSPS) is 11.3. The third-order valence-electron chi connectivity index (χ3n) is 3.71. The van der Waals surface area contributed by atoms with Gasteiger partial charge in [0.15, 0.2) is 0 Å². The number of nitrogens with zero attached hydrogens (tertiary/aromatic N) is 2. The van der Waals surface area contributed by atoms with Gasteiger partial charge < -0.3 is 5.11 Å². The Morgan fingerprint density at radius 1 is 1.00 bits per heavy atom. The molecule has 21 heavy (non-hydrogen) atoms. The Hall–Kier alpha value is -2.88. The van der Waals surface area contributed by atoms with Gasteiger partial charge in [0.25, 0.3) is 0 Å². The molecule has 2 aromatic heterocycles. The molecule has 4 nitrogen and oxygen atoms in total. The highest BCUT2D eigenvalue weighted by Gasteiger charge is 2.13. The standard InChI is InChI=1S/C17H13N3O/c1-10-15-17(20-19-10)14-8-3-2-7-13(14)16(18-15)11-5-4-6-12(21)9-11/h2-9,21H,1H3,(H,19,20). The van der Waals surface area contributed by atoms with Crippen LogP contribution in [-0.2, 0) is 0 Å². The van der Waals surface area contributed by atoms with Crippen LogP contribution in [0.15, 0.2) is 48.5 Å². The fourth-order valence-electron chi connectivity index (χ4n) is 2.70. The summed E-state index contributed by atoms with van der Waals surface area (Å²) in [5.74, 6) is 0.238. The van der Waals surface area contributed by atoms with Gasteiger partial charge >= 0.3 is 0 Å². The summed E-state index contributed by atoms with van der Waals surface area (Å²) in [6.07, 6.45) is 0. The number of fused-ring (bicyclic) bond motifs is 3. The Balaban J connectivity index is 2.18. The molecule has 0 unspecified atom stereocenters. The first-order chi connectivity index (χ1) is 10.2. The number of hydrogen-bond donors (Lipinski definition) is 2. The lowest BCUT2D eigenvalue weighted by Crippen LogP contribution is -1.89. The summed E-state index contributed by atoms with van der Waals surface area (Å²) in [6.45, 7) is 1.94. The summed E-state index contributed by atoms with van der Waals surface area (Å²) in [5, 5.41) is 19.2. The average molecular weight is 275 g/mol. The SMILES string of the molecule is Cc1n[nH]c2c1nc(-c1cccc(O)c1)c1ccccc12. The number of hydrogen-bond acceptors (Lipinski definition) is 3. The van der Waals surface area contributed by atoms with Crippen LogP contribution in [0.4, 0.5) is 0 Å². The van der Waals surface area contributed by atoms with Gasteiger partial charge in [0, 0.05) is 16.3 Å². The van der Waals surface area contributed by atoms with Gasteiger partial charge in [-0.1, -0.05) is 36.4 Å². The maximum absolute atomic E-state index is 9.73. The van der Waals surface area contributed by atoms with Crippen molar-refractivity contribution in [2.75, 3.05) is 0 Å². The molecule has 2 heterocycles. The van der Waals surface area contributed by atoms with E-state index >= 15 is 0 Å². The van der Waals surface area contributed by atoms with Crippen LogP contribution in [-0.4, -0.2) is 20.3 Å². The second-order valence-electron chi connectivity index (χ2n) is 5.09. The number of benzene rings is 2. The van der Waals surface area contributed by atoms with Gasteiger partial charge in [-0.25, -0.2) is 4.98 Å². The van der Waals surface area contributed by atoms with E-state index in [1.807, 2.05) is 37.3 Å². The van der Waals surface area contributed by atoms with Crippen molar-refractivity contribution in [1.82, 2.24) is 15.2 Å². The molecular formula is C17H13N3O. The smallest absolute Gasteiger partial charge is 0.116 e. The minimum absolute atomic E-state index is 0.238. The first kappa shape index (κ1) is 11.9. The average Bonchev–Trinajstić information content (AvgIpc) is 2.88. The molecule has 2 N–H and O–H groups in total. The highest BCUT2D eigenvalue weighted by Crippen LogP contribution is 2.33. The van der Waals surface area contributed by atoms with E-state index in [4.69, 9.17) is 4.98 Å². The topological polar surface area (TPSA) is 61.8 Å². The first-order valence-corrected chi connectivity index (χ1v) is 6.77. The highest BCUT2D eigenvalue weighted by molar-refractivity contribution is 6.09. The summed E-state index contributed by atoms with van der Waals surface area (Å²) < 4.78 is 0. The Bertz CT molecular complexity index is 972. The minimum atomic E-state index is 0.238. The van der Waals surface area contributed by atoms with E-state index in [0.29, 0.717) is 0 Å². The number of phenolic OH excluding ortho intramolecular Hbond substituents is 1. The Labute approximate surface area is 121 Å². The van der Waals surface area contributed by atoms with Crippen molar-refractivity contribution in [2.45, 2.75) is 6.92 Å². The molecule has 4 rings (SSSR count). The van der Waals surface area contributed by atoms with E-state index in [1.165, 1.54) is 0 Å². The second kappa shape index (κ2) is 4.31. The van der Waals surface area contributed by atoms with Crippen LogP contribution in [0.1, 0.15) is 5.69 Å². The summed E-state index contributed by atoms with van der Waals surface area (Å²) in [6, 6.07) is 15.3. The lowest BCUT2D eigenvalue weighted by molar-refractivity contribution is 0.475. The maximum atomic E-state index is 9.73. The zero-order chi connectivity index (χ0) is 14.4. The second-order valence-corrected chi connectivity index (χ2v) is 5.09. The fraction of sp³-hybridized carbons (Fsp3) is 0.0588. The van der Waals surface area contributed by atoms with E-state index in [-0.39, 0.29) is 5.75 Å². The van der Waals surface area contributed by atoms with Crippen molar-refractivity contribution >= 4 is 21.8 Å². The van der Waals surface area contributed by atoms with E-state index in [1.54, 1.807) is 12.1 Å². The number of aryl methyl sites for hydroxylation is 1. The molecule has 4 heteroatoms. The molecule has 0 aliphatic carbocycles. The number of aromatic nitrogens is 3. The Morgan fingerprint density at radius 2 is 1.81 bits per heavy atom. The fourth-order valence-corrected chi connectivity index (χ4v) is 2.70. The van der Waals surface area contributed by atoms with Gasteiger partial charge in [-0.2, -0.15) is 5.10 Å². The van der Waals surface area contributed by atoms with Gasteiger partial charge in [0.05, 0.1) is 16.9 Å². The van der Waals surface area contributed by atoms with Crippen LogP contribution in [0.5, 0.6) is 5.75 Å². The maximum Gasteiger partial charge on any atom is 0.116 e. The molecule has 0 aliphatic heterocycles. The minimum Gasteiger partial charge on any atom is -0.508 e. The monoisotopic (exact) mass is 275 g/mol. The van der Waals surface area contributed by atoms with Crippen LogP contribution in [0.25, 0.3) is 33.1 Å². The van der Waals surface area contributed by atoms with E-state index in [9.17, 15) is 5.11 Å². The molecular weight excluding hydrogens is 262 g/mol. The third-order valence-corrected chi connectivity index (χ3v) is 3.71. The molecule has 0 spiro atoms. The highest BCUT2D eigenvalue weighted by atomic mass is 16.3. The van der Waals surface area contributed by atoms with E-state index < -0.39 is 0 Å². The van der Waals surface area contributed by atoms with Gasteiger partial charge in [0.1, 0.15) is 11.3 Å². The molecule has 0 bridgehead atoms. The molecule has 0 amide bonds. The predicted molar refractivity (Wildman–Crippen MR) is 83.2 cm³/mol. The van der Waals surface area contributed by atoms with Crippen LogP contribution in [0, 0.1) is 6.92 Å². The molecule has 0 radical (unpaired) electrons. The number of phenols is 1. The first-order valence-electron chi connectivity index (χ1n) is 6.77. The number of pyridine rings is 1. The summed E-state index contributed by atoms with van der Waals surface area (Å²) in [4.78, 5) is 4.77. The lowest BCUT2D eigenvalue weighted by atomic mass is 10.0. The Morgan fingerprint density at radius 3 is 2.62 bits per heavy atom. The van der Waals surface area contributed by atoms with Crippen molar-refractivity contribution < 1.29 is 5.11 Å². The van der Waals surface area contributed by atoms with Gasteiger partial charge in [-0.3, -0.25) is 5.10 Å². The number of rotatable bonds is 1. The molecule has 0 fully saturated rings. The van der Waals surface area contributed by atoms with Crippen LogP contribution < -0.4 is 0 Å². The molecule has 4 aromatic rings. The quantitative estimate of drug-likeness (QED) is 0.555. The summed E-state index contributed by atoms with van der Waals surface area (Å²) >= 11 is 0. The van der Waals surface area contributed by atoms with Gasteiger partial charge in [0.2, 0.25) is 0 Å². The zero-order valence-electron chi connectivity index (χ0n) is 11.5. The summed E-state index contributed by atoms with van der Waals surface area (Å²) in [7, 11) is 0. The van der Waals surface area contributed by atoms with E-state index in [2.05, 4.69) is 16.3 Å². The number of nitrogens with one attached hydrogen (secondary N) is 1. The van der Waals surface area contributed by atoms with Crippen LogP contribution in [0.2, 0.25) is 0 Å². The number of aromatic hydroxyl groups is 1. The van der Waals surface area contributed by atoms with Gasteiger partial charge in [-0.05, 0) is 19.1 Å². The molecule has 2 aromatic carbocycles. The largest absolute Gasteiger partial charge is 0.508 e. The lowest BCUT2D eigenvalue weighted by Gasteiger charge is -2.08. The molecule has 102 valence electrons. The van der Waals surface area contributed by atoms with Crippen LogP contribution >= 0.6 is 0 Å². The van der Waals surface area contributed by atoms with E-state index in [0.717, 1.165) is 38.8 Å². The molecule has 0 saturated carbocycles. The van der Waals surface area contributed by atoms with Crippen molar-refractivity contribution in [1.29, 1.82) is 0 Å². The van der Waals surface area contributed by atoms with Gasteiger partial charge in [-0.15, -0.1) is 0 Å². The zero-order valence-corrected chi connectivity index (χ0v) is 11.5. The van der Waals surface area contributed by atoms with Crippen LogP contribution in [0.3, 0.4) is 0 Å². The van der Waals surface area contributed by atoms with Crippen molar-refractivity contribution in [3.05, 3.63) is 54.2 Å². The number of H-pyrrole nitrogens is 1. The van der Waals surface area contributed by atoms with Crippen molar-refractivity contribution in [3.8, 4) is 17.0 Å². The Kier molecular flexibility index (Phi) is 2.44. The predicted octanol–water partition coefficient (Wildman–Crippen LogP) is 3.79.